The topological polar surface area (TPSA) is 45.8 Å². The van der Waals surface area contributed by atoms with Crippen LogP contribution >= 0.6 is 31.9 Å². The average Bonchev–Trinajstić information content (AvgIpc) is 2.59. The number of aromatic nitrogens is 2. The Labute approximate surface area is 104 Å². The minimum atomic E-state index is -0.185. The molecule has 2 heterocycles. The molecule has 0 aromatic carbocycles. The number of carbonyl (C=O) groups is 1. The standard InChI is InChI=1S/C10H8Br2N2O/c1-5(11)9(15)8-4-14-10-7(8)2-6(12)3-13-10/h2-5H,1H3,(H,13,14). The average molecular weight is 332 g/mol. The van der Waals surface area contributed by atoms with Gasteiger partial charge in [-0.3, -0.25) is 4.79 Å². The lowest BCUT2D eigenvalue weighted by Gasteiger charge is -2.00. The molecule has 2 aromatic rings. The van der Waals surface area contributed by atoms with Crippen molar-refractivity contribution in [2.45, 2.75) is 11.8 Å². The van der Waals surface area contributed by atoms with Gasteiger partial charge in [0.1, 0.15) is 5.65 Å². The first-order valence-electron chi connectivity index (χ1n) is 4.40. The van der Waals surface area contributed by atoms with Crippen LogP contribution in [0.3, 0.4) is 0 Å². The fourth-order valence-electron chi connectivity index (χ4n) is 1.40. The van der Waals surface area contributed by atoms with Crippen LogP contribution in [0.4, 0.5) is 0 Å². The molecule has 0 bridgehead atoms. The summed E-state index contributed by atoms with van der Waals surface area (Å²) >= 11 is 6.61. The van der Waals surface area contributed by atoms with Gasteiger partial charge in [-0.25, -0.2) is 4.98 Å². The number of carbonyl (C=O) groups excluding carboxylic acids is 1. The van der Waals surface area contributed by atoms with Crippen LogP contribution in [0.15, 0.2) is 22.9 Å². The molecule has 0 radical (unpaired) electrons. The highest BCUT2D eigenvalue weighted by Gasteiger charge is 2.16. The zero-order valence-corrected chi connectivity index (χ0v) is 11.1. The van der Waals surface area contributed by atoms with Gasteiger partial charge in [0.2, 0.25) is 0 Å². The molecule has 0 saturated heterocycles. The molecule has 1 atom stereocenters. The van der Waals surface area contributed by atoms with Gasteiger partial charge in [-0.1, -0.05) is 15.9 Å². The smallest absolute Gasteiger partial charge is 0.178 e. The van der Waals surface area contributed by atoms with Gasteiger partial charge in [0.15, 0.2) is 5.78 Å². The molecule has 0 aliphatic heterocycles. The van der Waals surface area contributed by atoms with Crippen molar-refractivity contribution in [2.24, 2.45) is 0 Å². The van der Waals surface area contributed by atoms with Crippen molar-refractivity contribution in [3.63, 3.8) is 0 Å². The van der Waals surface area contributed by atoms with Crippen LogP contribution in [0.25, 0.3) is 11.0 Å². The number of rotatable bonds is 2. The van der Waals surface area contributed by atoms with Crippen molar-refractivity contribution < 1.29 is 4.79 Å². The number of pyridine rings is 1. The monoisotopic (exact) mass is 330 g/mol. The molecule has 0 saturated carbocycles. The molecule has 5 heteroatoms. The lowest BCUT2D eigenvalue weighted by atomic mass is 10.1. The summed E-state index contributed by atoms with van der Waals surface area (Å²) in [4.78, 5) is 18.8. The van der Waals surface area contributed by atoms with Crippen LogP contribution in [0.2, 0.25) is 0 Å². The maximum atomic E-state index is 11.8. The Bertz CT molecular complexity index is 519. The number of Topliss-reactive ketones (excluding diaryl/α,β-unsaturated/α-hetero) is 1. The van der Waals surface area contributed by atoms with E-state index in [0.29, 0.717) is 5.56 Å². The molecule has 15 heavy (non-hydrogen) atoms. The number of ketones is 1. The Hall–Kier alpha value is -0.680. The summed E-state index contributed by atoms with van der Waals surface area (Å²) in [6.45, 7) is 1.81. The number of H-pyrrole nitrogens is 1. The SMILES string of the molecule is CC(Br)C(=O)c1c[nH]c2ncc(Br)cc12. The highest BCUT2D eigenvalue weighted by molar-refractivity contribution is 9.10. The summed E-state index contributed by atoms with van der Waals surface area (Å²) in [5, 5.41) is 0.848. The minimum Gasteiger partial charge on any atom is -0.345 e. The number of nitrogens with one attached hydrogen (secondary N) is 1. The molecule has 1 N–H and O–H groups in total. The van der Waals surface area contributed by atoms with E-state index in [1.807, 2.05) is 13.0 Å². The zero-order valence-electron chi connectivity index (χ0n) is 7.92. The molecule has 2 rings (SSSR count). The third kappa shape index (κ3) is 1.99. The van der Waals surface area contributed by atoms with Crippen LogP contribution in [0.5, 0.6) is 0 Å². The molecule has 0 amide bonds. The number of alkyl halides is 1. The number of hydrogen-bond acceptors (Lipinski definition) is 2. The van der Waals surface area contributed by atoms with E-state index in [1.165, 1.54) is 0 Å². The first-order chi connectivity index (χ1) is 7.09. The Balaban J connectivity index is 2.62. The summed E-state index contributed by atoms with van der Waals surface area (Å²) < 4.78 is 0.867. The largest absolute Gasteiger partial charge is 0.345 e. The van der Waals surface area contributed by atoms with Gasteiger partial charge in [0.05, 0.1) is 4.83 Å². The van der Waals surface area contributed by atoms with Crippen molar-refractivity contribution in [1.82, 2.24) is 9.97 Å². The molecule has 0 aliphatic rings. The fraction of sp³-hybridized carbons (Fsp3) is 0.200. The zero-order chi connectivity index (χ0) is 11.0. The molecule has 2 aromatic heterocycles. The number of hydrogen-bond donors (Lipinski definition) is 1. The van der Waals surface area contributed by atoms with Crippen LogP contribution < -0.4 is 0 Å². The van der Waals surface area contributed by atoms with Gasteiger partial charge >= 0.3 is 0 Å². The summed E-state index contributed by atoms with van der Waals surface area (Å²) in [6, 6.07) is 1.89. The summed E-state index contributed by atoms with van der Waals surface area (Å²) in [5.74, 6) is 0.0566. The van der Waals surface area contributed by atoms with Crippen molar-refractivity contribution in [2.75, 3.05) is 0 Å². The maximum absolute atomic E-state index is 11.8. The fourth-order valence-corrected chi connectivity index (χ4v) is 1.97. The van der Waals surface area contributed by atoms with Crippen LogP contribution in [-0.4, -0.2) is 20.6 Å². The second-order valence-corrected chi connectivity index (χ2v) is 5.52. The minimum absolute atomic E-state index is 0.0566. The third-order valence-electron chi connectivity index (χ3n) is 2.12. The van der Waals surface area contributed by atoms with Crippen LogP contribution in [-0.2, 0) is 0 Å². The molecular weight excluding hydrogens is 324 g/mol. The van der Waals surface area contributed by atoms with Crippen LogP contribution in [0.1, 0.15) is 17.3 Å². The highest BCUT2D eigenvalue weighted by atomic mass is 79.9. The quantitative estimate of drug-likeness (QED) is 0.678. The van der Waals surface area contributed by atoms with E-state index >= 15 is 0 Å². The molecule has 0 aliphatic carbocycles. The molecule has 78 valence electrons. The highest BCUT2D eigenvalue weighted by Crippen LogP contribution is 2.22. The first-order valence-corrected chi connectivity index (χ1v) is 6.11. The predicted molar refractivity (Wildman–Crippen MR) is 66.5 cm³/mol. The number of halogens is 2. The second kappa shape index (κ2) is 4.06. The first kappa shape index (κ1) is 10.8. The molecule has 0 fully saturated rings. The normalized spacial score (nSPS) is 13.0. The van der Waals surface area contributed by atoms with E-state index in [4.69, 9.17) is 0 Å². The van der Waals surface area contributed by atoms with Gasteiger partial charge in [0, 0.05) is 27.8 Å². The Morgan fingerprint density at radius 3 is 3.00 bits per heavy atom. The lowest BCUT2D eigenvalue weighted by molar-refractivity contribution is 0.0997. The Kier molecular flexibility index (Phi) is 2.93. The van der Waals surface area contributed by atoms with Gasteiger partial charge in [-0.05, 0) is 28.9 Å². The molecule has 1 unspecified atom stereocenters. The van der Waals surface area contributed by atoms with Gasteiger partial charge < -0.3 is 4.98 Å². The van der Waals surface area contributed by atoms with Gasteiger partial charge in [0.25, 0.3) is 0 Å². The van der Waals surface area contributed by atoms with E-state index in [2.05, 4.69) is 41.8 Å². The van der Waals surface area contributed by atoms with Gasteiger partial charge in [-0.15, -0.1) is 0 Å². The van der Waals surface area contributed by atoms with Crippen molar-refractivity contribution in [1.29, 1.82) is 0 Å². The van der Waals surface area contributed by atoms with Crippen molar-refractivity contribution in [3.8, 4) is 0 Å². The molecule has 3 nitrogen and oxygen atoms in total. The van der Waals surface area contributed by atoms with E-state index in [-0.39, 0.29) is 10.6 Å². The summed E-state index contributed by atoms with van der Waals surface area (Å²) in [6.07, 6.45) is 3.40. The maximum Gasteiger partial charge on any atom is 0.178 e. The van der Waals surface area contributed by atoms with E-state index < -0.39 is 0 Å². The van der Waals surface area contributed by atoms with Crippen molar-refractivity contribution >= 4 is 48.7 Å². The Morgan fingerprint density at radius 1 is 1.60 bits per heavy atom. The third-order valence-corrected chi connectivity index (χ3v) is 2.97. The van der Waals surface area contributed by atoms with Gasteiger partial charge in [-0.2, -0.15) is 0 Å². The summed E-state index contributed by atoms with van der Waals surface area (Å²) in [7, 11) is 0. The van der Waals surface area contributed by atoms with E-state index in [1.54, 1.807) is 12.4 Å². The predicted octanol–water partition coefficient (Wildman–Crippen LogP) is 3.29. The lowest BCUT2D eigenvalue weighted by Crippen LogP contribution is -2.09. The Morgan fingerprint density at radius 2 is 2.33 bits per heavy atom. The second-order valence-electron chi connectivity index (χ2n) is 3.23. The summed E-state index contributed by atoms with van der Waals surface area (Å²) in [5.41, 5.74) is 1.40. The number of fused-ring (bicyclic) bond motifs is 1. The van der Waals surface area contributed by atoms with Crippen molar-refractivity contribution in [3.05, 3.63) is 28.5 Å². The number of aromatic amines is 1. The number of nitrogens with zero attached hydrogens (tertiary/aromatic N) is 1. The van der Waals surface area contributed by atoms with E-state index in [0.717, 1.165) is 15.5 Å². The van der Waals surface area contributed by atoms with Crippen LogP contribution in [0, 0.1) is 0 Å². The van der Waals surface area contributed by atoms with E-state index in [9.17, 15) is 4.79 Å². The molecule has 0 spiro atoms. The molecular formula is C10H8Br2N2O.